The molecule has 1 aromatic heterocycles. The largest absolute Gasteiger partial charge is 0.328 e. The summed E-state index contributed by atoms with van der Waals surface area (Å²) >= 11 is 0. The SMILES string of the molecule is Cc1cc(=O)[nH]cc1S(=O)(=O)Cl. The molecule has 0 radical (unpaired) electrons. The van der Waals surface area contributed by atoms with Gasteiger partial charge in [0, 0.05) is 22.9 Å². The number of H-pyrrole nitrogens is 1. The molecule has 6 heteroatoms. The second kappa shape index (κ2) is 2.91. The lowest BCUT2D eigenvalue weighted by Crippen LogP contribution is -2.07. The molecular weight excluding hydrogens is 202 g/mol. The minimum atomic E-state index is -3.75. The lowest BCUT2D eigenvalue weighted by atomic mass is 10.3. The zero-order chi connectivity index (χ0) is 9.35. The average molecular weight is 208 g/mol. The van der Waals surface area contributed by atoms with Crippen molar-refractivity contribution in [2.75, 3.05) is 0 Å². The molecule has 66 valence electrons. The molecule has 12 heavy (non-hydrogen) atoms. The molecule has 0 fully saturated rings. The summed E-state index contributed by atoms with van der Waals surface area (Å²) in [6.45, 7) is 1.50. The van der Waals surface area contributed by atoms with E-state index in [2.05, 4.69) is 4.98 Å². The maximum absolute atomic E-state index is 10.8. The lowest BCUT2D eigenvalue weighted by molar-refractivity contribution is 0.608. The predicted molar refractivity (Wildman–Crippen MR) is 44.8 cm³/mol. The summed E-state index contributed by atoms with van der Waals surface area (Å²) in [7, 11) is 1.32. The third-order valence-electron chi connectivity index (χ3n) is 1.34. The monoisotopic (exact) mass is 207 g/mol. The van der Waals surface area contributed by atoms with E-state index in [4.69, 9.17) is 10.7 Å². The number of nitrogens with one attached hydrogen (secondary N) is 1. The van der Waals surface area contributed by atoms with Gasteiger partial charge in [0.2, 0.25) is 5.56 Å². The van der Waals surface area contributed by atoms with Crippen LogP contribution in [-0.2, 0) is 9.05 Å². The molecule has 1 rings (SSSR count). The number of aromatic amines is 1. The van der Waals surface area contributed by atoms with Crippen LogP contribution in [0.25, 0.3) is 0 Å². The van der Waals surface area contributed by atoms with E-state index in [1.807, 2.05) is 0 Å². The fraction of sp³-hybridized carbons (Fsp3) is 0.167. The number of aromatic nitrogens is 1. The quantitative estimate of drug-likeness (QED) is 0.687. The highest BCUT2D eigenvalue weighted by atomic mass is 35.7. The Morgan fingerprint density at radius 1 is 1.50 bits per heavy atom. The van der Waals surface area contributed by atoms with E-state index in [1.54, 1.807) is 0 Å². The van der Waals surface area contributed by atoms with Gasteiger partial charge < -0.3 is 4.98 Å². The summed E-state index contributed by atoms with van der Waals surface area (Å²) in [6.07, 6.45) is 1.08. The van der Waals surface area contributed by atoms with Gasteiger partial charge in [0.05, 0.1) is 0 Å². The van der Waals surface area contributed by atoms with Crippen molar-refractivity contribution in [3.8, 4) is 0 Å². The third-order valence-corrected chi connectivity index (χ3v) is 2.81. The zero-order valence-electron chi connectivity index (χ0n) is 6.17. The van der Waals surface area contributed by atoms with Crippen LogP contribution in [0.15, 0.2) is 22.0 Å². The molecule has 4 nitrogen and oxygen atoms in total. The average Bonchev–Trinajstić information content (AvgIpc) is 1.83. The molecule has 0 amide bonds. The Morgan fingerprint density at radius 3 is 2.50 bits per heavy atom. The van der Waals surface area contributed by atoms with Gasteiger partial charge >= 0.3 is 0 Å². The fourth-order valence-electron chi connectivity index (χ4n) is 0.823. The first-order valence-corrected chi connectivity index (χ1v) is 5.36. The van der Waals surface area contributed by atoms with Crippen molar-refractivity contribution in [2.24, 2.45) is 0 Å². The molecule has 1 aromatic rings. The summed E-state index contributed by atoms with van der Waals surface area (Å²) in [4.78, 5) is 12.8. The minimum Gasteiger partial charge on any atom is -0.328 e. The van der Waals surface area contributed by atoms with Crippen LogP contribution in [0.4, 0.5) is 0 Å². The summed E-state index contributed by atoms with van der Waals surface area (Å²) in [6, 6.07) is 1.18. The number of aryl methyl sites for hydroxylation is 1. The van der Waals surface area contributed by atoms with Gasteiger partial charge in [-0.05, 0) is 12.5 Å². The Hall–Kier alpha value is -0.810. The van der Waals surface area contributed by atoms with Gasteiger partial charge in [-0.15, -0.1) is 0 Å². The molecule has 0 saturated carbocycles. The number of hydrogen-bond donors (Lipinski definition) is 1. The molecule has 0 spiro atoms. The Kier molecular flexibility index (Phi) is 2.25. The molecule has 0 bridgehead atoms. The second-order valence-electron chi connectivity index (χ2n) is 2.28. The number of rotatable bonds is 1. The summed E-state index contributed by atoms with van der Waals surface area (Å²) in [5.74, 6) is 0. The van der Waals surface area contributed by atoms with Crippen LogP contribution in [-0.4, -0.2) is 13.4 Å². The zero-order valence-corrected chi connectivity index (χ0v) is 7.74. The molecule has 0 atom stereocenters. The van der Waals surface area contributed by atoms with Crippen LogP contribution in [0.2, 0.25) is 0 Å². The maximum atomic E-state index is 10.8. The molecule has 0 unspecified atom stereocenters. The van der Waals surface area contributed by atoms with Gasteiger partial charge in [0.15, 0.2) is 0 Å². The van der Waals surface area contributed by atoms with Crippen LogP contribution in [0.5, 0.6) is 0 Å². The number of halogens is 1. The van der Waals surface area contributed by atoms with Gasteiger partial charge in [-0.3, -0.25) is 4.79 Å². The first-order valence-electron chi connectivity index (χ1n) is 3.05. The summed E-state index contributed by atoms with van der Waals surface area (Å²) in [5.41, 5.74) is -0.00897. The first kappa shape index (κ1) is 9.28. The Bertz CT molecular complexity index is 448. The normalized spacial score (nSPS) is 11.5. The van der Waals surface area contributed by atoms with E-state index in [-0.39, 0.29) is 10.5 Å². The molecule has 0 aliphatic rings. The van der Waals surface area contributed by atoms with Gasteiger partial charge in [-0.25, -0.2) is 8.42 Å². The summed E-state index contributed by atoms with van der Waals surface area (Å²) in [5, 5.41) is 0. The highest BCUT2D eigenvalue weighted by Gasteiger charge is 2.12. The van der Waals surface area contributed by atoms with E-state index in [9.17, 15) is 13.2 Å². The van der Waals surface area contributed by atoms with E-state index in [0.717, 1.165) is 6.20 Å². The Morgan fingerprint density at radius 2 is 2.08 bits per heavy atom. The first-order chi connectivity index (χ1) is 5.41. The highest BCUT2D eigenvalue weighted by Crippen LogP contribution is 2.15. The van der Waals surface area contributed by atoms with Gasteiger partial charge in [-0.1, -0.05) is 0 Å². The smallest absolute Gasteiger partial charge is 0.263 e. The number of hydrogen-bond acceptors (Lipinski definition) is 3. The summed E-state index contributed by atoms with van der Waals surface area (Å²) < 4.78 is 21.6. The molecule has 0 aliphatic carbocycles. The molecule has 0 aliphatic heterocycles. The van der Waals surface area contributed by atoms with Crippen molar-refractivity contribution in [2.45, 2.75) is 11.8 Å². The third kappa shape index (κ3) is 1.86. The van der Waals surface area contributed by atoms with Crippen molar-refractivity contribution >= 4 is 19.7 Å². The fourth-order valence-corrected chi connectivity index (χ4v) is 1.96. The number of pyridine rings is 1. The molecular formula is C6H6ClNO3S. The van der Waals surface area contributed by atoms with E-state index < -0.39 is 9.05 Å². The standard InChI is InChI=1S/C6H6ClNO3S/c1-4-2-6(9)8-3-5(4)12(7,10)11/h2-3H,1H3,(H,8,9). The van der Waals surface area contributed by atoms with Crippen LogP contribution in [0.1, 0.15) is 5.56 Å². The topological polar surface area (TPSA) is 67.0 Å². The van der Waals surface area contributed by atoms with Gasteiger partial charge in [-0.2, -0.15) is 0 Å². The van der Waals surface area contributed by atoms with Crippen molar-refractivity contribution in [3.63, 3.8) is 0 Å². The lowest BCUT2D eigenvalue weighted by Gasteiger charge is -1.98. The second-order valence-corrected chi connectivity index (χ2v) is 4.82. The van der Waals surface area contributed by atoms with E-state index in [1.165, 1.54) is 13.0 Å². The van der Waals surface area contributed by atoms with Crippen LogP contribution in [0.3, 0.4) is 0 Å². The highest BCUT2D eigenvalue weighted by molar-refractivity contribution is 8.13. The molecule has 1 heterocycles. The van der Waals surface area contributed by atoms with Gasteiger partial charge in [0.25, 0.3) is 9.05 Å². The van der Waals surface area contributed by atoms with E-state index in [0.29, 0.717) is 5.56 Å². The van der Waals surface area contributed by atoms with Crippen molar-refractivity contribution in [3.05, 3.63) is 28.2 Å². The Labute approximate surface area is 73.6 Å². The van der Waals surface area contributed by atoms with E-state index >= 15 is 0 Å². The van der Waals surface area contributed by atoms with Crippen molar-refractivity contribution in [1.29, 1.82) is 0 Å². The van der Waals surface area contributed by atoms with Crippen LogP contribution >= 0.6 is 10.7 Å². The Balaban J connectivity index is 3.49. The molecule has 0 aromatic carbocycles. The van der Waals surface area contributed by atoms with Crippen LogP contribution < -0.4 is 5.56 Å². The molecule has 0 saturated heterocycles. The molecule has 1 N–H and O–H groups in total. The minimum absolute atomic E-state index is 0.0660. The predicted octanol–water partition coefficient (Wildman–Crippen LogP) is 0.611. The van der Waals surface area contributed by atoms with Crippen LogP contribution in [0, 0.1) is 6.92 Å². The maximum Gasteiger partial charge on any atom is 0.263 e. The van der Waals surface area contributed by atoms with Crippen molar-refractivity contribution < 1.29 is 8.42 Å². The van der Waals surface area contributed by atoms with Gasteiger partial charge in [0.1, 0.15) is 4.90 Å². The van der Waals surface area contributed by atoms with Crippen molar-refractivity contribution in [1.82, 2.24) is 4.98 Å².